The number of aliphatic carboxylic acids is 1. The molecule has 0 spiro atoms. The van der Waals surface area contributed by atoms with Crippen molar-refractivity contribution >= 4 is 12.0 Å². The van der Waals surface area contributed by atoms with Gasteiger partial charge in [0.25, 0.3) is 0 Å². The molecule has 2 amide bonds. The van der Waals surface area contributed by atoms with Crippen molar-refractivity contribution in [2.75, 3.05) is 19.6 Å². The number of hydrogen-bond acceptors (Lipinski definition) is 3. The molecule has 0 unspecified atom stereocenters. The fourth-order valence-corrected chi connectivity index (χ4v) is 2.34. The molecule has 0 aromatic heterocycles. The van der Waals surface area contributed by atoms with Gasteiger partial charge in [0, 0.05) is 25.7 Å². The Morgan fingerprint density at radius 2 is 1.84 bits per heavy atom. The van der Waals surface area contributed by atoms with Crippen LogP contribution in [-0.4, -0.2) is 47.7 Å². The Bertz CT molecular complexity index is 321. The average molecular weight is 271 g/mol. The number of nitrogens with one attached hydrogen (secondary N) is 1. The van der Waals surface area contributed by atoms with E-state index in [-0.39, 0.29) is 18.6 Å². The van der Waals surface area contributed by atoms with Crippen LogP contribution in [0.15, 0.2) is 0 Å². The third kappa shape index (κ3) is 3.83. The van der Waals surface area contributed by atoms with Crippen LogP contribution in [-0.2, 0) is 4.79 Å². The summed E-state index contributed by atoms with van der Waals surface area (Å²) >= 11 is 0. The monoisotopic (exact) mass is 271 g/mol. The molecule has 1 heterocycles. The van der Waals surface area contributed by atoms with Crippen molar-refractivity contribution in [2.24, 2.45) is 11.1 Å². The number of carboxylic acid groups (broad SMARTS) is 1. The van der Waals surface area contributed by atoms with Crippen LogP contribution < -0.4 is 11.1 Å². The van der Waals surface area contributed by atoms with Gasteiger partial charge in [-0.15, -0.1) is 0 Å². The highest BCUT2D eigenvalue weighted by Gasteiger charge is 2.35. The van der Waals surface area contributed by atoms with Crippen LogP contribution >= 0.6 is 0 Å². The Kier molecular flexibility index (Phi) is 5.60. The van der Waals surface area contributed by atoms with Gasteiger partial charge in [0.2, 0.25) is 0 Å². The first-order valence-corrected chi connectivity index (χ1v) is 6.97. The van der Waals surface area contributed by atoms with Crippen LogP contribution in [0, 0.1) is 5.41 Å². The van der Waals surface area contributed by atoms with Crippen molar-refractivity contribution in [1.82, 2.24) is 10.2 Å². The maximum absolute atomic E-state index is 12.0. The van der Waals surface area contributed by atoms with E-state index in [0.29, 0.717) is 25.9 Å². The molecular weight excluding hydrogens is 246 g/mol. The highest BCUT2D eigenvalue weighted by molar-refractivity contribution is 5.78. The second kappa shape index (κ2) is 6.75. The number of nitrogens with zero attached hydrogens (tertiary/aromatic N) is 1. The maximum Gasteiger partial charge on any atom is 0.317 e. The minimum absolute atomic E-state index is 0.174. The zero-order chi connectivity index (χ0) is 14.5. The van der Waals surface area contributed by atoms with Crippen molar-refractivity contribution in [2.45, 2.75) is 45.6 Å². The van der Waals surface area contributed by atoms with Crippen molar-refractivity contribution in [3.8, 4) is 0 Å². The molecule has 4 N–H and O–H groups in total. The van der Waals surface area contributed by atoms with Gasteiger partial charge < -0.3 is 21.1 Å². The van der Waals surface area contributed by atoms with Gasteiger partial charge in [-0.2, -0.15) is 0 Å². The Morgan fingerprint density at radius 3 is 2.26 bits per heavy atom. The summed E-state index contributed by atoms with van der Waals surface area (Å²) in [5, 5.41) is 12.1. The van der Waals surface area contributed by atoms with Gasteiger partial charge in [-0.25, -0.2) is 4.79 Å². The zero-order valence-electron chi connectivity index (χ0n) is 11.8. The number of amides is 2. The first-order valence-electron chi connectivity index (χ1n) is 6.97. The largest absolute Gasteiger partial charge is 0.481 e. The summed E-state index contributed by atoms with van der Waals surface area (Å²) in [4.78, 5) is 25.0. The van der Waals surface area contributed by atoms with Gasteiger partial charge >= 0.3 is 12.0 Å². The molecule has 0 radical (unpaired) electrons. The van der Waals surface area contributed by atoms with Gasteiger partial charge in [0.15, 0.2) is 0 Å². The fourth-order valence-electron chi connectivity index (χ4n) is 2.34. The second-order valence-electron chi connectivity index (χ2n) is 5.28. The molecule has 110 valence electrons. The molecule has 6 heteroatoms. The van der Waals surface area contributed by atoms with E-state index in [1.165, 1.54) is 0 Å². The van der Waals surface area contributed by atoms with Gasteiger partial charge in [0.05, 0.1) is 5.41 Å². The van der Waals surface area contributed by atoms with E-state index in [9.17, 15) is 14.7 Å². The summed E-state index contributed by atoms with van der Waals surface area (Å²) in [5.41, 5.74) is 4.93. The van der Waals surface area contributed by atoms with E-state index in [1.807, 2.05) is 13.8 Å². The SMILES string of the molecule is CCC(CC)(CNC(=O)N1CCC(N)CC1)C(=O)O. The van der Waals surface area contributed by atoms with Crippen LogP contribution in [0.5, 0.6) is 0 Å². The topological polar surface area (TPSA) is 95.7 Å². The van der Waals surface area contributed by atoms with Gasteiger partial charge in [0.1, 0.15) is 0 Å². The minimum atomic E-state index is -0.859. The van der Waals surface area contributed by atoms with E-state index in [4.69, 9.17) is 5.73 Å². The van der Waals surface area contributed by atoms with Crippen LogP contribution in [0.4, 0.5) is 4.79 Å². The molecule has 6 nitrogen and oxygen atoms in total. The molecular formula is C13H25N3O3. The van der Waals surface area contributed by atoms with Gasteiger partial charge in [-0.05, 0) is 25.7 Å². The van der Waals surface area contributed by atoms with E-state index >= 15 is 0 Å². The Balaban J connectivity index is 2.50. The number of piperidine rings is 1. The number of carbonyl (C=O) groups excluding carboxylic acids is 1. The maximum atomic E-state index is 12.0. The van der Waals surface area contributed by atoms with E-state index in [1.54, 1.807) is 4.90 Å². The van der Waals surface area contributed by atoms with Crippen LogP contribution in [0.25, 0.3) is 0 Å². The zero-order valence-corrected chi connectivity index (χ0v) is 11.8. The highest BCUT2D eigenvalue weighted by Crippen LogP contribution is 2.25. The lowest BCUT2D eigenvalue weighted by atomic mass is 9.82. The summed E-state index contributed by atoms with van der Waals surface area (Å²) in [6.07, 6.45) is 2.62. The quantitative estimate of drug-likeness (QED) is 0.695. The van der Waals surface area contributed by atoms with Crippen molar-refractivity contribution < 1.29 is 14.7 Å². The normalized spacial score (nSPS) is 17.3. The summed E-state index contributed by atoms with van der Waals surface area (Å²) in [5.74, 6) is -0.849. The predicted molar refractivity (Wildman–Crippen MR) is 72.8 cm³/mol. The summed E-state index contributed by atoms with van der Waals surface area (Å²) in [6.45, 7) is 5.14. The van der Waals surface area contributed by atoms with Crippen molar-refractivity contribution in [1.29, 1.82) is 0 Å². The lowest BCUT2D eigenvalue weighted by molar-refractivity contribution is -0.149. The average Bonchev–Trinajstić information content (AvgIpc) is 2.40. The molecule has 19 heavy (non-hydrogen) atoms. The Labute approximate surface area is 114 Å². The predicted octanol–water partition coefficient (Wildman–Crippen LogP) is 1.01. The standard InChI is InChI=1S/C13H25N3O3/c1-3-13(4-2,11(17)18)9-15-12(19)16-7-5-10(14)6-8-16/h10H,3-9,14H2,1-2H3,(H,15,19)(H,17,18). The van der Waals surface area contributed by atoms with E-state index < -0.39 is 11.4 Å². The van der Waals surface area contributed by atoms with Gasteiger partial charge in [-0.3, -0.25) is 4.79 Å². The third-order valence-electron chi connectivity index (χ3n) is 4.21. The lowest BCUT2D eigenvalue weighted by Crippen LogP contribution is -2.50. The molecule has 0 atom stereocenters. The summed E-state index contributed by atoms with van der Waals surface area (Å²) in [6, 6.07) is -0.00660. The first kappa shape index (κ1) is 15.8. The minimum Gasteiger partial charge on any atom is -0.481 e. The molecule has 1 aliphatic heterocycles. The number of carbonyl (C=O) groups is 2. The Hall–Kier alpha value is -1.30. The third-order valence-corrected chi connectivity index (χ3v) is 4.21. The molecule has 1 fully saturated rings. The lowest BCUT2D eigenvalue weighted by Gasteiger charge is -2.32. The highest BCUT2D eigenvalue weighted by atomic mass is 16.4. The molecule has 0 aromatic carbocycles. The molecule has 0 saturated carbocycles. The molecule has 0 aliphatic carbocycles. The second-order valence-corrected chi connectivity index (χ2v) is 5.28. The van der Waals surface area contributed by atoms with Crippen molar-refractivity contribution in [3.05, 3.63) is 0 Å². The summed E-state index contributed by atoms with van der Waals surface area (Å²) in [7, 11) is 0. The number of hydrogen-bond donors (Lipinski definition) is 3. The number of rotatable bonds is 5. The van der Waals surface area contributed by atoms with Crippen LogP contribution in [0.1, 0.15) is 39.5 Å². The number of carboxylic acids is 1. The Morgan fingerprint density at radius 1 is 1.32 bits per heavy atom. The number of likely N-dealkylation sites (tertiary alicyclic amines) is 1. The van der Waals surface area contributed by atoms with Crippen LogP contribution in [0.3, 0.4) is 0 Å². The molecule has 1 rings (SSSR count). The number of nitrogens with two attached hydrogens (primary N) is 1. The molecule has 1 aliphatic rings. The van der Waals surface area contributed by atoms with Gasteiger partial charge in [-0.1, -0.05) is 13.8 Å². The van der Waals surface area contributed by atoms with E-state index in [2.05, 4.69) is 5.32 Å². The molecule has 1 saturated heterocycles. The number of urea groups is 1. The van der Waals surface area contributed by atoms with Crippen LogP contribution in [0.2, 0.25) is 0 Å². The molecule has 0 aromatic rings. The smallest absolute Gasteiger partial charge is 0.317 e. The fraction of sp³-hybridized carbons (Fsp3) is 0.846. The first-order chi connectivity index (χ1) is 8.95. The van der Waals surface area contributed by atoms with E-state index in [0.717, 1.165) is 12.8 Å². The van der Waals surface area contributed by atoms with Crippen molar-refractivity contribution in [3.63, 3.8) is 0 Å². The summed E-state index contributed by atoms with van der Waals surface area (Å²) < 4.78 is 0. The molecule has 0 bridgehead atoms.